The Morgan fingerprint density at radius 2 is 1.77 bits per heavy atom. The molecule has 0 spiro atoms. The van der Waals surface area contributed by atoms with Crippen molar-refractivity contribution in [1.29, 1.82) is 0 Å². The molecule has 0 radical (unpaired) electrons. The summed E-state index contributed by atoms with van der Waals surface area (Å²) < 4.78 is 27.3. The highest BCUT2D eigenvalue weighted by Gasteiger charge is 2.27. The quantitative estimate of drug-likeness (QED) is 0.663. The predicted molar refractivity (Wildman–Crippen MR) is 97.7 cm³/mol. The SMILES string of the molecule is CCS(=O)(=O)N1CCN(c2ncnc3c2nnn3-c2ccccc2)CC1. The normalized spacial score (nSPS) is 16.3. The van der Waals surface area contributed by atoms with Gasteiger partial charge in [-0.25, -0.2) is 18.4 Å². The molecule has 1 aliphatic heterocycles. The smallest absolute Gasteiger partial charge is 0.213 e. The van der Waals surface area contributed by atoms with Gasteiger partial charge in [0.1, 0.15) is 6.33 Å². The molecule has 0 amide bonds. The summed E-state index contributed by atoms with van der Waals surface area (Å²) >= 11 is 0. The van der Waals surface area contributed by atoms with Crippen LogP contribution in [0.5, 0.6) is 0 Å². The maximum atomic E-state index is 12.0. The minimum atomic E-state index is -3.16. The number of rotatable bonds is 4. The van der Waals surface area contributed by atoms with Crippen molar-refractivity contribution in [3.05, 3.63) is 36.7 Å². The van der Waals surface area contributed by atoms with Gasteiger partial charge in [-0.15, -0.1) is 5.10 Å². The Morgan fingerprint density at radius 3 is 2.46 bits per heavy atom. The van der Waals surface area contributed by atoms with Crippen LogP contribution in [0.2, 0.25) is 0 Å². The second kappa shape index (κ2) is 6.61. The van der Waals surface area contributed by atoms with E-state index in [1.165, 1.54) is 10.6 Å². The van der Waals surface area contributed by atoms with E-state index >= 15 is 0 Å². The zero-order valence-corrected chi connectivity index (χ0v) is 15.2. The Labute approximate surface area is 151 Å². The molecule has 0 atom stereocenters. The number of para-hydroxylation sites is 1. The van der Waals surface area contributed by atoms with Crippen LogP contribution < -0.4 is 4.90 Å². The van der Waals surface area contributed by atoms with Crippen LogP contribution in [-0.4, -0.2) is 69.6 Å². The summed E-state index contributed by atoms with van der Waals surface area (Å²) in [6, 6.07) is 9.66. The third-order valence-corrected chi connectivity index (χ3v) is 6.40. The molecule has 3 aromatic rings. The number of fused-ring (bicyclic) bond motifs is 1. The maximum absolute atomic E-state index is 12.0. The second-order valence-electron chi connectivity index (χ2n) is 5.99. The molecule has 0 bridgehead atoms. The highest BCUT2D eigenvalue weighted by Crippen LogP contribution is 2.24. The number of benzene rings is 1. The molecule has 0 saturated carbocycles. The minimum Gasteiger partial charge on any atom is -0.352 e. The van der Waals surface area contributed by atoms with Gasteiger partial charge in [0.25, 0.3) is 0 Å². The topological polar surface area (TPSA) is 97.1 Å². The second-order valence-corrected chi connectivity index (χ2v) is 8.25. The van der Waals surface area contributed by atoms with Gasteiger partial charge in [0.2, 0.25) is 10.0 Å². The number of hydrogen-bond acceptors (Lipinski definition) is 7. The third kappa shape index (κ3) is 2.90. The molecule has 4 rings (SSSR count). The number of aromatic nitrogens is 5. The number of piperazine rings is 1. The molecule has 136 valence electrons. The Hall–Kier alpha value is -2.59. The van der Waals surface area contributed by atoms with E-state index in [0.717, 1.165) is 5.69 Å². The van der Waals surface area contributed by atoms with Crippen molar-refractivity contribution in [1.82, 2.24) is 29.3 Å². The van der Waals surface area contributed by atoms with Gasteiger partial charge in [-0.3, -0.25) is 0 Å². The largest absolute Gasteiger partial charge is 0.352 e. The van der Waals surface area contributed by atoms with Gasteiger partial charge in [-0.05, 0) is 19.1 Å². The first-order chi connectivity index (χ1) is 12.6. The standard InChI is InChI=1S/C16H19N7O2S/c1-2-26(24,25)22-10-8-21(9-11-22)15-14-16(18-12-17-15)23(20-19-14)13-6-4-3-5-7-13/h3-7,12H,2,8-11H2,1H3. The molecule has 1 aromatic carbocycles. The number of nitrogens with zero attached hydrogens (tertiary/aromatic N) is 7. The van der Waals surface area contributed by atoms with Gasteiger partial charge >= 0.3 is 0 Å². The van der Waals surface area contributed by atoms with Gasteiger partial charge in [-0.1, -0.05) is 23.4 Å². The Morgan fingerprint density at radius 1 is 1.04 bits per heavy atom. The average molecular weight is 373 g/mol. The monoisotopic (exact) mass is 373 g/mol. The Balaban J connectivity index is 1.64. The first-order valence-corrected chi connectivity index (χ1v) is 10.1. The van der Waals surface area contributed by atoms with Crippen LogP contribution in [0.15, 0.2) is 36.7 Å². The molecule has 10 heteroatoms. The maximum Gasteiger partial charge on any atom is 0.213 e. The molecule has 0 unspecified atom stereocenters. The number of sulfonamides is 1. The molecule has 1 fully saturated rings. The van der Waals surface area contributed by atoms with E-state index in [-0.39, 0.29) is 5.75 Å². The van der Waals surface area contributed by atoms with E-state index in [4.69, 9.17) is 0 Å². The molecule has 9 nitrogen and oxygen atoms in total. The van der Waals surface area contributed by atoms with Gasteiger partial charge in [0.05, 0.1) is 11.4 Å². The van der Waals surface area contributed by atoms with Gasteiger partial charge in [-0.2, -0.15) is 8.99 Å². The Kier molecular flexibility index (Phi) is 4.29. The van der Waals surface area contributed by atoms with Gasteiger partial charge < -0.3 is 4.90 Å². The fourth-order valence-electron chi connectivity index (χ4n) is 3.07. The van der Waals surface area contributed by atoms with Crippen LogP contribution in [0.1, 0.15) is 6.92 Å². The van der Waals surface area contributed by atoms with Crippen LogP contribution in [0, 0.1) is 0 Å². The van der Waals surface area contributed by atoms with Gasteiger partial charge in [0, 0.05) is 26.2 Å². The van der Waals surface area contributed by atoms with Crippen molar-refractivity contribution >= 4 is 27.0 Å². The van der Waals surface area contributed by atoms with Crippen molar-refractivity contribution in [3.8, 4) is 5.69 Å². The fraction of sp³-hybridized carbons (Fsp3) is 0.375. The van der Waals surface area contributed by atoms with E-state index in [0.29, 0.717) is 43.2 Å². The molecule has 1 aliphatic rings. The summed E-state index contributed by atoms with van der Waals surface area (Å²) in [6.45, 7) is 3.66. The van der Waals surface area contributed by atoms with Crippen molar-refractivity contribution in [2.75, 3.05) is 36.8 Å². The molecular weight excluding hydrogens is 354 g/mol. The van der Waals surface area contributed by atoms with Crippen molar-refractivity contribution in [2.24, 2.45) is 0 Å². The predicted octanol–water partition coefficient (Wildman–Crippen LogP) is 0.682. The summed E-state index contributed by atoms with van der Waals surface area (Å²) in [4.78, 5) is 10.7. The summed E-state index contributed by atoms with van der Waals surface area (Å²) in [5, 5.41) is 8.49. The summed E-state index contributed by atoms with van der Waals surface area (Å²) in [7, 11) is -3.16. The Bertz CT molecular complexity index is 1010. The van der Waals surface area contributed by atoms with Crippen LogP contribution >= 0.6 is 0 Å². The first kappa shape index (κ1) is 16.9. The van der Waals surface area contributed by atoms with Crippen LogP contribution in [-0.2, 0) is 10.0 Å². The molecule has 1 saturated heterocycles. The highest BCUT2D eigenvalue weighted by molar-refractivity contribution is 7.89. The van der Waals surface area contributed by atoms with Crippen LogP contribution in [0.4, 0.5) is 5.82 Å². The minimum absolute atomic E-state index is 0.121. The van der Waals surface area contributed by atoms with E-state index in [9.17, 15) is 8.42 Å². The van der Waals surface area contributed by atoms with Crippen molar-refractivity contribution < 1.29 is 8.42 Å². The van der Waals surface area contributed by atoms with E-state index < -0.39 is 10.0 Å². The molecule has 2 aromatic heterocycles. The molecule has 0 aliphatic carbocycles. The molecule has 26 heavy (non-hydrogen) atoms. The average Bonchev–Trinajstić information content (AvgIpc) is 3.13. The lowest BCUT2D eigenvalue weighted by Gasteiger charge is -2.34. The van der Waals surface area contributed by atoms with Crippen molar-refractivity contribution in [3.63, 3.8) is 0 Å². The highest BCUT2D eigenvalue weighted by atomic mass is 32.2. The zero-order valence-electron chi connectivity index (χ0n) is 14.4. The van der Waals surface area contributed by atoms with E-state index in [1.807, 2.05) is 35.2 Å². The number of hydrogen-bond donors (Lipinski definition) is 0. The number of anilines is 1. The van der Waals surface area contributed by atoms with Crippen LogP contribution in [0.3, 0.4) is 0 Å². The van der Waals surface area contributed by atoms with E-state index in [1.54, 1.807) is 11.6 Å². The lowest BCUT2D eigenvalue weighted by Crippen LogP contribution is -2.49. The van der Waals surface area contributed by atoms with Crippen molar-refractivity contribution in [2.45, 2.75) is 6.92 Å². The lowest BCUT2D eigenvalue weighted by molar-refractivity contribution is 0.385. The summed E-state index contributed by atoms with van der Waals surface area (Å²) in [5.74, 6) is 0.807. The zero-order chi connectivity index (χ0) is 18.1. The van der Waals surface area contributed by atoms with E-state index in [2.05, 4.69) is 20.3 Å². The molecule has 0 N–H and O–H groups in total. The van der Waals surface area contributed by atoms with Crippen LogP contribution in [0.25, 0.3) is 16.9 Å². The van der Waals surface area contributed by atoms with Gasteiger partial charge in [0.15, 0.2) is 17.0 Å². The molecule has 3 heterocycles. The fourth-order valence-corrected chi connectivity index (χ4v) is 4.16. The molecular formula is C16H19N7O2S. The summed E-state index contributed by atoms with van der Waals surface area (Å²) in [5.41, 5.74) is 2.12. The lowest BCUT2D eigenvalue weighted by atomic mass is 10.3. The summed E-state index contributed by atoms with van der Waals surface area (Å²) in [6.07, 6.45) is 1.50. The first-order valence-electron chi connectivity index (χ1n) is 8.45. The third-order valence-electron chi connectivity index (χ3n) is 4.52.